The molecule has 180 valence electrons. The predicted octanol–water partition coefficient (Wildman–Crippen LogP) is 10.1. The molecule has 0 aliphatic heterocycles. The zero-order valence-electron chi connectivity index (χ0n) is 20.9. The smallest absolute Gasteiger partial charge is 0.135 e. The molecule has 0 spiro atoms. The monoisotopic (exact) mass is 486 g/mol. The summed E-state index contributed by atoms with van der Waals surface area (Å²) in [6.45, 7) is 0. The zero-order valence-corrected chi connectivity index (χ0v) is 20.9. The van der Waals surface area contributed by atoms with Crippen LogP contribution in [-0.2, 0) is 0 Å². The lowest BCUT2D eigenvalue weighted by Crippen LogP contribution is -2.03. The molecule has 0 aliphatic rings. The van der Waals surface area contributed by atoms with Crippen LogP contribution in [0.15, 0.2) is 156 Å². The van der Waals surface area contributed by atoms with Crippen molar-refractivity contribution in [3.8, 4) is 22.3 Å². The third kappa shape index (κ3) is 4.09. The second-order valence-electron chi connectivity index (χ2n) is 9.76. The van der Waals surface area contributed by atoms with Crippen LogP contribution in [0.5, 0.6) is 0 Å². The first-order valence-corrected chi connectivity index (χ1v) is 13.1. The molecule has 7 aromatic rings. The van der Waals surface area contributed by atoms with E-state index in [0.717, 1.165) is 21.9 Å². The van der Waals surface area contributed by atoms with Gasteiger partial charge in [-0.1, -0.05) is 133 Å². The van der Waals surface area contributed by atoms with Crippen LogP contribution in [0.1, 0.15) is 22.6 Å². The molecule has 0 saturated heterocycles. The summed E-state index contributed by atoms with van der Waals surface area (Å²) in [5, 5.41) is 2.31. The minimum absolute atomic E-state index is 0.0997. The number of hydrogen-bond donors (Lipinski definition) is 0. The van der Waals surface area contributed by atoms with Crippen molar-refractivity contribution in [3.05, 3.63) is 168 Å². The molecule has 0 bridgehead atoms. The molecule has 0 N–H and O–H groups in total. The average Bonchev–Trinajstić information content (AvgIpc) is 3.37. The van der Waals surface area contributed by atoms with Crippen LogP contribution in [0.3, 0.4) is 0 Å². The molecular formula is C37H26O. The molecule has 0 amide bonds. The average molecular weight is 487 g/mol. The van der Waals surface area contributed by atoms with Gasteiger partial charge < -0.3 is 4.42 Å². The summed E-state index contributed by atoms with van der Waals surface area (Å²) in [5.74, 6) is 0.0997. The lowest BCUT2D eigenvalue weighted by molar-refractivity contribution is 0.668. The van der Waals surface area contributed by atoms with Gasteiger partial charge >= 0.3 is 0 Å². The highest BCUT2D eigenvalue weighted by Crippen LogP contribution is 2.38. The first-order valence-electron chi connectivity index (χ1n) is 13.1. The Kier molecular flexibility index (Phi) is 5.60. The lowest BCUT2D eigenvalue weighted by atomic mass is 9.83. The minimum Gasteiger partial charge on any atom is -0.456 e. The van der Waals surface area contributed by atoms with E-state index in [9.17, 15) is 0 Å². The van der Waals surface area contributed by atoms with Crippen molar-refractivity contribution in [1.29, 1.82) is 0 Å². The van der Waals surface area contributed by atoms with E-state index in [2.05, 4.69) is 140 Å². The van der Waals surface area contributed by atoms with Crippen LogP contribution in [0, 0.1) is 0 Å². The maximum absolute atomic E-state index is 6.13. The molecule has 6 aromatic carbocycles. The van der Waals surface area contributed by atoms with Crippen LogP contribution in [0.25, 0.3) is 44.2 Å². The van der Waals surface area contributed by atoms with Crippen molar-refractivity contribution in [2.75, 3.05) is 0 Å². The molecule has 1 nitrogen and oxygen atoms in total. The Balaban J connectivity index is 1.35. The van der Waals surface area contributed by atoms with E-state index in [4.69, 9.17) is 4.42 Å². The van der Waals surface area contributed by atoms with Crippen LogP contribution in [0.4, 0.5) is 0 Å². The summed E-state index contributed by atoms with van der Waals surface area (Å²) < 4.78 is 6.13. The minimum atomic E-state index is 0.0997. The largest absolute Gasteiger partial charge is 0.456 e. The van der Waals surface area contributed by atoms with Gasteiger partial charge in [0.2, 0.25) is 0 Å². The van der Waals surface area contributed by atoms with Gasteiger partial charge in [0.25, 0.3) is 0 Å². The van der Waals surface area contributed by atoms with Crippen molar-refractivity contribution in [2.24, 2.45) is 0 Å². The van der Waals surface area contributed by atoms with Crippen molar-refractivity contribution in [2.45, 2.75) is 5.92 Å². The van der Waals surface area contributed by atoms with E-state index in [1.54, 1.807) is 0 Å². The van der Waals surface area contributed by atoms with E-state index >= 15 is 0 Å². The third-order valence-corrected chi connectivity index (χ3v) is 7.44. The van der Waals surface area contributed by atoms with Crippen molar-refractivity contribution in [3.63, 3.8) is 0 Å². The number of fused-ring (bicyclic) bond motifs is 3. The van der Waals surface area contributed by atoms with Gasteiger partial charge in [0.1, 0.15) is 11.2 Å². The molecular weight excluding hydrogens is 460 g/mol. The van der Waals surface area contributed by atoms with Gasteiger partial charge in [0.05, 0.1) is 0 Å². The predicted molar refractivity (Wildman–Crippen MR) is 158 cm³/mol. The quantitative estimate of drug-likeness (QED) is 0.221. The van der Waals surface area contributed by atoms with Crippen molar-refractivity contribution < 1.29 is 4.42 Å². The van der Waals surface area contributed by atoms with Crippen molar-refractivity contribution in [1.82, 2.24) is 0 Å². The molecule has 0 saturated carbocycles. The molecule has 1 aromatic heterocycles. The Morgan fingerprint density at radius 2 is 0.789 bits per heavy atom. The Bertz CT molecular complexity index is 1740. The summed E-state index contributed by atoms with van der Waals surface area (Å²) in [6, 6.07) is 54.1. The highest BCUT2D eigenvalue weighted by atomic mass is 16.3. The Morgan fingerprint density at radius 3 is 1.37 bits per heavy atom. The van der Waals surface area contributed by atoms with E-state index in [1.807, 2.05) is 12.1 Å². The maximum atomic E-state index is 6.13. The van der Waals surface area contributed by atoms with Gasteiger partial charge in [-0.15, -0.1) is 0 Å². The van der Waals surface area contributed by atoms with Gasteiger partial charge in [-0.3, -0.25) is 0 Å². The molecule has 0 aliphatic carbocycles. The van der Waals surface area contributed by atoms with E-state index in [-0.39, 0.29) is 5.92 Å². The summed E-state index contributed by atoms with van der Waals surface area (Å²) in [4.78, 5) is 0. The second-order valence-corrected chi connectivity index (χ2v) is 9.76. The highest BCUT2D eigenvalue weighted by molar-refractivity contribution is 6.05. The van der Waals surface area contributed by atoms with Gasteiger partial charge in [-0.2, -0.15) is 0 Å². The molecule has 0 atom stereocenters. The number of benzene rings is 6. The standard InChI is InChI=1S/C37H26O/c1-3-9-26(10-4-1)28-15-19-30(20-16-28)37(31-21-17-29(18-22-31)27-11-5-2-6-12-27)32-23-24-36-34(25-32)33-13-7-8-14-35(33)38-36/h1-25,37H. The third-order valence-electron chi connectivity index (χ3n) is 7.44. The Labute approximate surface area is 222 Å². The number of rotatable bonds is 5. The Morgan fingerprint density at radius 1 is 0.342 bits per heavy atom. The molecule has 0 radical (unpaired) electrons. The lowest BCUT2D eigenvalue weighted by Gasteiger charge is -2.20. The fourth-order valence-corrected chi connectivity index (χ4v) is 5.50. The molecule has 1 heterocycles. The maximum Gasteiger partial charge on any atom is 0.135 e. The first kappa shape index (κ1) is 22.3. The molecule has 7 rings (SSSR count). The van der Waals surface area contributed by atoms with Gasteiger partial charge in [-0.25, -0.2) is 0 Å². The molecule has 0 fully saturated rings. The normalized spacial score (nSPS) is 11.4. The zero-order chi connectivity index (χ0) is 25.3. The van der Waals surface area contributed by atoms with Gasteiger partial charge in [0.15, 0.2) is 0 Å². The van der Waals surface area contributed by atoms with E-state index in [1.165, 1.54) is 38.9 Å². The summed E-state index contributed by atoms with van der Waals surface area (Å²) in [6.07, 6.45) is 0. The first-order chi connectivity index (χ1) is 18.8. The summed E-state index contributed by atoms with van der Waals surface area (Å²) in [5.41, 5.74) is 10.6. The Hall–Kier alpha value is -4.88. The van der Waals surface area contributed by atoms with Crippen LogP contribution in [0.2, 0.25) is 0 Å². The van der Waals surface area contributed by atoms with Gasteiger partial charge in [-0.05, 0) is 57.1 Å². The molecule has 38 heavy (non-hydrogen) atoms. The topological polar surface area (TPSA) is 13.1 Å². The SMILES string of the molecule is c1ccc(-c2ccc(C(c3ccc(-c4ccccc4)cc3)c3ccc4oc5ccccc5c4c3)cc2)cc1. The second kappa shape index (κ2) is 9.53. The fraction of sp³-hybridized carbons (Fsp3) is 0.0270. The number of para-hydroxylation sites is 1. The van der Waals surface area contributed by atoms with Gasteiger partial charge in [0, 0.05) is 16.7 Å². The number of hydrogen-bond acceptors (Lipinski definition) is 1. The molecule has 1 heteroatoms. The highest BCUT2D eigenvalue weighted by Gasteiger charge is 2.19. The van der Waals surface area contributed by atoms with E-state index < -0.39 is 0 Å². The fourth-order valence-electron chi connectivity index (χ4n) is 5.50. The van der Waals surface area contributed by atoms with Crippen molar-refractivity contribution >= 4 is 21.9 Å². The molecule has 0 unspecified atom stereocenters. The van der Waals surface area contributed by atoms with Crippen LogP contribution in [-0.4, -0.2) is 0 Å². The van der Waals surface area contributed by atoms with E-state index in [0.29, 0.717) is 0 Å². The summed E-state index contributed by atoms with van der Waals surface area (Å²) in [7, 11) is 0. The van der Waals surface area contributed by atoms with Crippen LogP contribution < -0.4 is 0 Å². The number of furan rings is 1. The summed E-state index contributed by atoms with van der Waals surface area (Å²) >= 11 is 0. The van der Waals surface area contributed by atoms with Crippen LogP contribution >= 0.6 is 0 Å².